The highest BCUT2D eigenvalue weighted by molar-refractivity contribution is 5.69. The molecule has 23 heavy (non-hydrogen) atoms. The fourth-order valence-corrected chi connectivity index (χ4v) is 2.27. The highest BCUT2D eigenvalue weighted by Gasteiger charge is 2.14. The number of aryl methyl sites for hydroxylation is 1. The van der Waals surface area contributed by atoms with Crippen LogP contribution in [0.2, 0.25) is 0 Å². The molecule has 0 aliphatic rings. The molecule has 0 unspecified atom stereocenters. The number of methoxy groups -OCH3 is 1. The molecule has 7 heteroatoms. The van der Waals surface area contributed by atoms with Gasteiger partial charge in [-0.25, -0.2) is 9.36 Å². The Morgan fingerprint density at radius 3 is 2.78 bits per heavy atom. The third kappa shape index (κ3) is 3.08. The zero-order valence-electron chi connectivity index (χ0n) is 12.6. The zero-order valence-corrected chi connectivity index (χ0v) is 12.6. The van der Waals surface area contributed by atoms with Crippen LogP contribution in [0.25, 0.3) is 17.1 Å². The zero-order chi connectivity index (χ0) is 16.2. The van der Waals surface area contributed by atoms with Crippen molar-refractivity contribution in [3.63, 3.8) is 0 Å². The molecule has 3 rings (SSSR count). The average molecular weight is 312 g/mol. The monoisotopic (exact) mass is 312 g/mol. The summed E-state index contributed by atoms with van der Waals surface area (Å²) >= 11 is 0. The molecule has 0 bridgehead atoms. The third-order valence-electron chi connectivity index (χ3n) is 3.42. The second-order valence-electron chi connectivity index (χ2n) is 4.90. The Morgan fingerprint density at radius 2 is 2.04 bits per heavy atom. The number of carbonyl (C=O) groups is 1. The van der Waals surface area contributed by atoms with Crippen LogP contribution in [0.15, 0.2) is 48.7 Å². The van der Waals surface area contributed by atoms with Crippen molar-refractivity contribution in [2.24, 2.45) is 0 Å². The van der Waals surface area contributed by atoms with Crippen LogP contribution in [0, 0.1) is 0 Å². The number of hydrogen-bond acceptors (Lipinski definition) is 5. The van der Waals surface area contributed by atoms with E-state index in [0.29, 0.717) is 5.69 Å². The van der Waals surface area contributed by atoms with Crippen LogP contribution in [0.1, 0.15) is 6.42 Å². The van der Waals surface area contributed by atoms with Crippen molar-refractivity contribution in [3.05, 3.63) is 48.7 Å². The van der Waals surface area contributed by atoms with Crippen LogP contribution >= 0.6 is 0 Å². The van der Waals surface area contributed by atoms with Crippen molar-refractivity contribution in [2.45, 2.75) is 13.0 Å². The van der Waals surface area contributed by atoms with Crippen molar-refractivity contribution in [3.8, 4) is 23.0 Å². The molecule has 0 amide bonds. The van der Waals surface area contributed by atoms with E-state index < -0.39 is 0 Å². The van der Waals surface area contributed by atoms with Gasteiger partial charge in [0.2, 0.25) is 5.88 Å². The minimum atomic E-state index is -0.351. The molecule has 7 nitrogen and oxygen atoms in total. The van der Waals surface area contributed by atoms with Crippen LogP contribution in [0.3, 0.4) is 0 Å². The lowest BCUT2D eigenvalue weighted by Crippen LogP contribution is -2.08. The Balaban J connectivity index is 1.89. The molecule has 0 spiro atoms. The molecule has 2 heterocycles. The van der Waals surface area contributed by atoms with Crippen LogP contribution in [0.4, 0.5) is 0 Å². The number of hydrogen-bond donors (Lipinski definition) is 1. The van der Waals surface area contributed by atoms with Gasteiger partial charge in [-0.1, -0.05) is 18.2 Å². The SMILES string of the molecule is COC(=O)CCn1nc(-c2ccnn2-c2ccccc2)cc1O. The Kier molecular flexibility index (Phi) is 4.09. The predicted molar refractivity (Wildman–Crippen MR) is 83.1 cm³/mol. The molecule has 0 radical (unpaired) electrons. The van der Waals surface area contributed by atoms with Gasteiger partial charge in [0, 0.05) is 6.07 Å². The molecule has 3 aromatic rings. The van der Waals surface area contributed by atoms with Gasteiger partial charge in [0.15, 0.2) is 0 Å². The fourth-order valence-electron chi connectivity index (χ4n) is 2.27. The number of ether oxygens (including phenoxy) is 1. The van der Waals surface area contributed by atoms with E-state index in [0.717, 1.165) is 11.4 Å². The van der Waals surface area contributed by atoms with E-state index in [-0.39, 0.29) is 24.8 Å². The van der Waals surface area contributed by atoms with E-state index in [1.54, 1.807) is 16.9 Å². The Hall–Kier alpha value is -3.09. The molecule has 0 saturated heterocycles. The summed E-state index contributed by atoms with van der Waals surface area (Å²) in [5.74, 6) is -0.361. The first-order valence-electron chi connectivity index (χ1n) is 7.12. The van der Waals surface area contributed by atoms with Gasteiger partial charge in [0.05, 0.1) is 37.7 Å². The fraction of sp³-hybridized carbons (Fsp3) is 0.188. The van der Waals surface area contributed by atoms with Crippen molar-refractivity contribution in [2.75, 3.05) is 7.11 Å². The Bertz CT molecular complexity index is 808. The molecule has 0 aliphatic heterocycles. The summed E-state index contributed by atoms with van der Waals surface area (Å²) in [7, 11) is 1.33. The lowest BCUT2D eigenvalue weighted by Gasteiger charge is -2.05. The standard InChI is InChI=1S/C16H16N4O3/c1-23-16(22)8-10-19-15(21)11-13(18-19)14-7-9-17-20(14)12-5-3-2-4-6-12/h2-7,9,11,21H,8,10H2,1H3. The quantitative estimate of drug-likeness (QED) is 0.729. The number of aromatic hydroxyl groups is 1. The van der Waals surface area contributed by atoms with Crippen LogP contribution in [-0.2, 0) is 16.1 Å². The minimum Gasteiger partial charge on any atom is -0.493 e. The number of carbonyl (C=O) groups excluding carboxylic acids is 1. The summed E-state index contributed by atoms with van der Waals surface area (Å²) in [6.45, 7) is 0.248. The number of aromatic nitrogens is 4. The first kappa shape index (κ1) is 14.8. The van der Waals surface area contributed by atoms with Crippen LogP contribution < -0.4 is 0 Å². The van der Waals surface area contributed by atoms with Gasteiger partial charge in [-0.3, -0.25) is 4.79 Å². The van der Waals surface area contributed by atoms with Gasteiger partial charge in [-0.05, 0) is 18.2 Å². The van der Waals surface area contributed by atoms with Gasteiger partial charge >= 0.3 is 5.97 Å². The number of nitrogens with zero attached hydrogens (tertiary/aromatic N) is 4. The maximum atomic E-state index is 11.2. The topological polar surface area (TPSA) is 82.2 Å². The summed E-state index contributed by atoms with van der Waals surface area (Å²) < 4.78 is 7.70. The van der Waals surface area contributed by atoms with Crippen molar-refractivity contribution in [1.29, 1.82) is 0 Å². The molecular formula is C16H16N4O3. The van der Waals surface area contributed by atoms with E-state index in [4.69, 9.17) is 0 Å². The van der Waals surface area contributed by atoms with Crippen molar-refractivity contribution < 1.29 is 14.6 Å². The summed E-state index contributed by atoms with van der Waals surface area (Å²) in [4.78, 5) is 11.2. The highest BCUT2D eigenvalue weighted by atomic mass is 16.5. The van der Waals surface area contributed by atoms with Gasteiger partial charge in [0.1, 0.15) is 5.69 Å². The molecule has 1 aromatic carbocycles. The molecule has 2 aromatic heterocycles. The number of para-hydroxylation sites is 1. The van der Waals surface area contributed by atoms with Crippen molar-refractivity contribution >= 4 is 5.97 Å². The highest BCUT2D eigenvalue weighted by Crippen LogP contribution is 2.24. The van der Waals surface area contributed by atoms with E-state index in [9.17, 15) is 9.90 Å². The first-order chi connectivity index (χ1) is 11.2. The molecule has 118 valence electrons. The lowest BCUT2D eigenvalue weighted by molar-refractivity contribution is -0.140. The second-order valence-corrected chi connectivity index (χ2v) is 4.90. The summed E-state index contributed by atoms with van der Waals surface area (Å²) in [6, 6.07) is 13.0. The number of esters is 1. The van der Waals surface area contributed by atoms with Gasteiger partial charge in [0.25, 0.3) is 0 Å². The van der Waals surface area contributed by atoms with Gasteiger partial charge in [-0.2, -0.15) is 10.2 Å². The summed E-state index contributed by atoms with van der Waals surface area (Å²) in [5, 5.41) is 18.6. The van der Waals surface area contributed by atoms with E-state index in [2.05, 4.69) is 14.9 Å². The van der Waals surface area contributed by atoms with E-state index in [1.807, 2.05) is 36.4 Å². The minimum absolute atomic E-state index is 0.00952. The van der Waals surface area contributed by atoms with Crippen LogP contribution in [-0.4, -0.2) is 37.7 Å². The Morgan fingerprint density at radius 1 is 1.26 bits per heavy atom. The maximum absolute atomic E-state index is 11.2. The van der Waals surface area contributed by atoms with Gasteiger partial charge in [-0.15, -0.1) is 0 Å². The summed E-state index contributed by atoms with van der Waals surface area (Å²) in [6.07, 6.45) is 1.82. The number of rotatable bonds is 5. The van der Waals surface area contributed by atoms with Gasteiger partial charge < -0.3 is 9.84 Å². The predicted octanol–water partition coefficient (Wildman–Crippen LogP) is 2.00. The molecule has 0 fully saturated rings. The molecular weight excluding hydrogens is 296 g/mol. The summed E-state index contributed by atoms with van der Waals surface area (Å²) in [5.41, 5.74) is 2.23. The normalized spacial score (nSPS) is 10.7. The lowest BCUT2D eigenvalue weighted by atomic mass is 10.3. The van der Waals surface area contributed by atoms with Crippen molar-refractivity contribution in [1.82, 2.24) is 19.6 Å². The second kappa shape index (κ2) is 6.35. The third-order valence-corrected chi connectivity index (χ3v) is 3.42. The molecule has 0 atom stereocenters. The maximum Gasteiger partial charge on any atom is 0.307 e. The largest absolute Gasteiger partial charge is 0.493 e. The Labute approximate surface area is 132 Å². The van der Waals surface area contributed by atoms with E-state index in [1.165, 1.54) is 11.8 Å². The van der Waals surface area contributed by atoms with Crippen LogP contribution in [0.5, 0.6) is 5.88 Å². The average Bonchev–Trinajstić information content (AvgIpc) is 3.20. The smallest absolute Gasteiger partial charge is 0.307 e. The molecule has 0 aliphatic carbocycles. The molecule has 1 N–H and O–H groups in total. The van der Waals surface area contributed by atoms with E-state index >= 15 is 0 Å². The molecule has 0 saturated carbocycles. The first-order valence-corrected chi connectivity index (χ1v) is 7.12. The number of benzene rings is 1.